The molecule has 0 radical (unpaired) electrons. The third-order valence-corrected chi connectivity index (χ3v) is 4.81. The number of hydrogen-bond acceptors (Lipinski definition) is 3. The monoisotopic (exact) mass is 284 g/mol. The Morgan fingerprint density at radius 1 is 0.900 bits per heavy atom. The SMILES string of the molecule is CC[C@@H](CCCCCN1CCN(CC)CC1)CCOC. The van der Waals surface area contributed by atoms with Crippen LogP contribution in [0.4, 0.5) is 0 Å². The van der Waals surface area contributed by atoms with Gasteiger partial charge in [0, 0.05) is 39.9 Å². The van der Waals surface area contributed by atoms with E-state index in [9.17, 15) is 0 Å². The lowest BCUT2D eigenvalue weighted by Gasteiger charge is -2.34. The molecule has 1 heterocycles. The first kappa shape index (κ1) is 17.9. The number of ether oxygens (including phenoxy) is 1. The Morgan fingerprint density at radius 3 is 2.20 bits per heavy atom. The van der Waals surface area contributed by atoms with E-state index >= 15 is 0 Å². The molecule has 0 amide bonds. The number of methoxy groups -OCH3 is 1. The van der Waals surface area contributed by atoms with Gasteiger partial charge in [-0.05, 0) is 31.8 Å². The van der Waals surface area contributed by atoms with E-state index in [4.69, 9.17) is 4.74 Å². The molecule has 0 unspecified atom stereocenters. The Bertz CT molecular complexity index is 215. The molecule has 0 aromatic heterocycles. The van der Waals surface area contributed by atoms with Gasteiger partial charge >= 0.3 is 0 Å². The predicted octanol–water partition coefficient (Wildman–Crippen LogP) is 3.25. The second-order valence-electron chi connectivity index (χ2n) is 6.18. The average molecular weight is 284 g/mol. The van der Waals surface area contributed by atoms with E-state index in [2.05, 4.69) is 23.6 Å². The molecule has 0 spiro atoms. The first-order chi connectivity index (χ1) is 9.80. The molecule has 0 aromatic rings. The summed E-state index contributed by atoms with van der Waals surface area (Å²) in [6.07, 6.45) is 8.12. The van der Waals surface area contributed by atoms with Crippen LogP contribution < -0.4 is 0 Å². The minimum absolute atomic E-state index is 0.878. The van der Waals surface area contributed by atoms with Gasteiger partial charge in [-0.3, -0.25) is 0 Å². The molecule has 1 aliphatic rings. The number of nitrogens with zero attached hydrogens (tertiary/aromatic N) is 2. The first-order valence-corrected chi connectivity index (χ1v) is 8.73. The van der Waals surface area contributed by atoms with E-state index in [-0.39, 0.29) is 0 Å². The number of rotatable bonds is 11. The van der Waals surface area contributed by atoms with Gasteiger partial charge in [0.25, 0.3) is 0 Å². The van der Waals surface area contributed by atoms with E-state index < -0.39 is 0 Å². The summed E-state index contributed by atoms with van der Waals surface area (Å²) in [6, 6.07) is 0. The third-order valence-electron chi connectivity index (χ3n) is 4.81. The lowest BCUT2D eigenvalue weighted by molar-refractivity contribution is 0.135. The van der Waals surface area contributed by atoms with E-state index in [1.807, 2.05) is 7.11 Å². The Hall–Kier alpha value is -0.120. The molecule has 3 nitrogen and oxygen atoms in total. The van der Waals surface area contributed by atoms with Crippen LogP contribution in [0.3, 0.4) is 0 Å². The van der Waals surface area contributed by atoms with E-state index in [1.54, 1.807) is 0 Å². The highest BCUT2D eigenvalue weighted by atomic mass is 16.5. The van der Waals surface area contributed by atoms with Crippen molar-refractivity contribution in [2.45, 2.75) is 52.4 Å². The van der Waals surface area contributed by atoms with Crippen molar-refractivity contribution < 1.29 is 4.74 Å². The Kier molecular flexibility index (Phi) is 10.3. The number of piperazine rings is 1. The molecule has 0 N–H and O–H groups in total. The molecule has 1 fully saturated rings. The maximum absolute atomic E-state index is 5.19. The minimum Gasteiger partial charge on any atom is -0.385 e. The van der Waals surface area contributed by atoms with E-state index in [0.717, 1.165) is 12.5 Å². The molecule has 1 aliphatic heterocycles. The lowest BCUT2D eigenvalue weighted by Crippen LogP contribution is -2.46. The number of hydrogen-bond donors (Lipinski definition) is 0. The van der Waals surface area contributed by atoms with Crippen LogP contribution in [0, 0.1) is 5.92 Å². The van der Waals surface area contributed by atoms with Gasteiger partial charge in [-0.2, -0.15) is 0 Å². The highest BCUT2D eigenvalue weighted by molar-refractivity contribution is 4.70. The smallest absolute Gasteiger partial charge is 0.0464 e. The molecule has 1 rings (SSSR count). The number of unbranched alkanes of at least 4 members (excludes halogenated alkanes) is 2. The summed E-state index contributed by atoms with van der Waals surface area (Å²) < 4.78 is 5.19. The second-order valence-corrected chi connectivity index (χ2v) is 6.18. The summed E-state index contributed by atoms with van der Waals surface area (Å²) in [5.41, 5.74) is 0. The fourth-order valence-electron chi connectivity index (χ4n) is 3.11. The molecular formula is C17H36N2O. The van der Waals surface area contributed by atoms with Crippen LogP contribution in [0.15, 0.2) is 0 Å². The summed E-state index contributed by atoms with van der Waals surface area (Å²) in [4.78, 5) is 5.20. The quantitative estimate of drug-likeness (QED) is 0.542. The van der Waals surface area contributed by atoms with Crippen LogP contribution in [-0.4, -0.2) is 62.8 Å². The third kappa shape index (κ3) is 7.61. The minimum atomic E-state index is 0.878. The molecule has 1 atom stereocenters. The van der Waals surface area contributed by atoms with Crippen molar-refractivity contribution >= 4 is 0 Å². The molecule has 0 bridgehead atoms. The topological polar surface area (TPSA) is 15.7 Å². The van der Waals surface area contributed by atoms with E-state index in [0.29, 0.717) is 0 Å². The van der Waals surface area contributed by atoms with Crippen molar-refractivity contribution in [1.29, 1.82) is 0 Å². The van der Waals surface area contributed by atoms with E-state index in [1.165, 1.54) is 77.8 Å². The lowest BCUT2D eigenvalue weighted by atomic mass is 9.95. The zero-order valence-corrected chi connectivity index (χ0v) is 14.1. The van der Waals surface area contributed by atoms with Gasteiger partial charge in [0.1, 0.15) is 0 Å². The molecule has 0 aliphatic carbocycles. The molecular weight excluding hydrogens is 248 g/mol. The van der Waals surface area contributed by atoms with Gasteiger partial charge in [-0.25, -0.2) is 0 Å². The molecule has 120 valence electrons. The van der Waals surface area contributed by atoms with Crippen molar-refractivity contribution in [3.8, 4) is 0 Å². The first-order valence-electron chi connectivity index (χ1n) is 8.73. The summed E-state index contributed by atoms with van der Waals surface area (Å²) >= 11 is 0. The summed E-state index contributed by atoms with van der Waals surface area (Å²) in [5.74, 6) is 0.878. The van der Waals surface area contributed by atoms with Gasteiger partial charge in [0.15, 0.2) is 0 Å². The van der Waals surface area contributed by atoms with Crippen LogP contribution in [0.2, 0.25) is 0 Å². The predicted molar refractivity (Wildman–Crippen MR) is 87.3 cm³/mol. The van der Waals surface area contributed by atoms with Crippen molar-refractivity contribution in [2.24, 2.45) is 5.92 Å². The normalized spacial score (nSPS) is 19.4. The van der Waals surface area contributed by atoms with Crippen LogP contribution in [0.5, 0.6) is 0 Å². The Morgan fingerprint density at radius 2 is 1.60 bits per heavy atom. The zero-order valence-electron chi connectivity index (χ0n) is 14.1. The Balaban J connectivity index is 1.96. The van der Waals surface area contributed by atoms with Gasteiger partial charge in [0.2, 0.25) is 0 Å². The van der Waals surface area contributed by atoms with Crippen LogP contribution in [-0.2, 0) is 4.74 Å². The highest BCUT2D eigenvalue weighted by Gasteiger charge is 2.14. The standard InChI is InChI=1S/C17H36N2O/c1-4-17(10-16-20-3)9-7-6-8-11-19-14-12-18(5-2)13-15-19/h17H,4-16H2,1-3H3/t17-/m0/s1. The van der Waals surface area contributed by atoms with Crippen molar-refractivity contribution in [3.63, 3.8) is 0 Å². The molecule has 3 heteroatoms. The molecule has 0 saturated carbocycles. The van der Waals surface area contributed by atoms with Gasteiger partial charge in [-0.15, -0.1) is 0 Å². The van der Waals surface area contributed by atoms with Crippen molar-refractivity contribution in [2.75, 3.05) is 53.0 Å². The van der Waals surface area contributed by atoms with Crippen molar-refractivity contribution in [1.82, 2.24) is 9.80 Å². The maximum atomic E-state index is 5.19. The highest BCUT2D eigenvalue weighted by Crippen LogP contribution is 2.17. The van der Waals surface area contributed by atoms with Gasteiger partial charge in [0.05, 0.1) is 0 Å². The summed E-state index contributed by atoms with van der Waals surface area (Å²) in [6.45, 7) is 13.1. The van der Waals surface area contributed by atoms with Crippen LogP contribution in [0.1, 0.15) is 52.4 Å². The number of likely N-dealkylation sites (N-methyl/N-ethyl adjacent to an activating group) is 1. The fourth-order valence-corrected chi connectivity index (χ4v) is 3.11. The molecule has 20 heavy (non-hydrogen) atoms. The second kappa shape index (κ2) is 11.5. The molecule has 0 aromatic carbocycles. The summed E-state index contributed by atoms with van der Waals surface area (Å²) in [5, 5.41) is 0. The zero-order chi connectivity index (χ0) is 14.6. The maximum Gasteiger partial charge on any atom is 0.0464 e. The van der Waals surface area contributed by atoms with Crippen LogP contribution >= 0.6 is 0 Å². The Labute approximate surface area is 126 Å². The molecule has 1 saturated heterocycles. The largest absolute Gasteiger partial charge is 0.385 e. The van der Waals surface area contributed by atoms with Gasteiger partial charge < -0.3 is 14.5 Å². The summed E-state index contributed by atoms with van der Waals surface area (Å²) in [7, 11) is 1.81. The average Bonchev–Trinajstić information content (AvgIpc) is 2.50. The van der Waals surface area contributed by atoms with Crippen molar-refractivity contribution in [3.05, 3.63) is 0 Å². The van der Waals surface area contributed by atoms with Crippen LogP contribution in [0.25, 0.3) is 0 Å². The van der Waals surface area contributed by atoms with Gasteiger partial charge in [-0.1, -0.05) is 39.5 Å². The fraction of sp³-hybridized carbons (Fsp3) is 1.00.